The minimum absolute atomic E-state index is 0.164. The Hall–Kier alpha value is -3.31. The first-order valence-corrected chi connectivity index (χ1v) is 13.6. The van der Waals surface area contributed by atoms with E-state index in [0.717, 1.165) is 43.4 Å². The van der Waals surface area contributed by atoms with Crippen LogP contribution >= 0.6 is 0 Å². The zero-order valence-electron chi connectivity index (χ0n) is 21.4. The van der Waals surface area contributed by atoms with Gasteiger partial charge in [-0.15, -0.1) is 0 Å². The number of fused-ring (bicyclic) bond motifs is 1. The summed E-state index contributed by atoms with van der Waals surface area (Å²) in [5.41, 5.74) is 1.95. The molecule has 3 rings (SSSR count). The summed E-state index contributed by atoms with van der Waals surface area (Å²) in [5.74, 6) is -1.41. The SMILES string of the molecule is C[C@H](NS(=O)(=O)c1ccccc1[N+](=O)[O-])C(=O)N[C@@H](Cc1ccc2c(c1)CCCC2)C(=O)OC(C)(C)C. The molecule has 0 aromatic heterocycles. The maximum atomic E-state index is 13.0. The Labute approximate surface area is 217 Å². The third kappa shape index (κ3) is 7.59. The van der Waals surface area contributed by atoms with E-state index in [2.05, 4.69) is 10.0 Å². The summed E-state index contributed by atoms with van der Waals surface area (Å²) in [7, 11) is -4.40. The third-order valence-corrected chi connectivity index (χ3v) is 7.53. The third-order valence-electron chi connectivity index (χ3n) is 5.94. The van der Waals surface area contributed by atoms with Crippen LogP contribution in [0, 0.1) is 10.1 Å². The number of sulfonamides is 1. The Kier molecular flexibility index (Phi) is 8.70. The predicted molar refractivity (Wildman–Crippen MR) is 137 cm³/mol. The molecule has 0 aliphatic heterocycles. The highest BCUT2D eigenvalue weighted by molar-refractivity contribution is 7.89. The number of rotatable bonds is 9. The number of esters is 1. The van der Waals surface area contributed by atoms with Crippen molar-refractivity contribution in [2.24, 2.45) is 0 Å². The largest absolute Gasteiger partial charge is 0.458 e. The molecule has 2 N–H and O–H groups in total. The van der Waals surface area contributed by atoms with Gasteiger partial charge in [-0.05, 0) is 76.1 Å². The van der Waals surface area contributed by atoms with Gasteiger partial charge in [0.15, 0.2) is 4.90 Å². The monoisotopic (exact) mass is 531 g/mol. The molecule has 0 unspecified atom stereocenters. The molecule has 1 amide bonds. The molecule has 10 nitrogen and oxygen atoms in total. The quantitative estimate of drug-likeness (QED) is 0.287. The number of carbonyl (C=O) groups is 2. The van der Waals surface area contributed by atoms with Crippen LogP contribution in [0.4, 0.5) is 5.69 Å². The van der Waals surface area contributed by atoms with Crippen LogP contribution < -0.4 is 10.0 Å². The maximum Gasteiger partial charge on any atom is 0.329 e. The number of nitro benzene ring substituents is 1. The van der Waals surface area contributed by atoms with Crippen LogP contribution in [0.5, 0.6) is 0 Å². The number of nitro groups is 1. The summed E-state index contributed by atoms with van der Waals surface area (Å²) in [4.78, 5) is 35.9. The van der Waals surface area contributed by atoms with E-state index in [-0.39, 0.29) is 6.42 Å². The van der Waals surface area contributed by atoms with Gasteiger partial charge in [0.2, 0.25) is 15.9 Å². The van der Waals surface area contributed by atoms with E-state index >= 15 is 0 Å². The first kappa shape index (κ1) is 28.3. The molecule has 2 aromatic rings. The molecular weight excluding hydrogens is 498 g/mol. The van der Waals surface area contributed by atoms with Gasteiger partial charge >= 0.3 is 5.97 Å². The summed E-state index contributed by atoms with van der Waals surface area (Å²) >= 11 is 0. The van der Waals surface area contributed by atoms with E-state index in [9.17, 15) is 28.1 Å². The Morgan fingerprint density at radius 2 is 1.73 bits per heavy atom. The number of hydrogen-bond donors (Lipinski definition) is 2. The molecule has 0 saturated heterocycles. The highest BCUT2D eigenvalue weighted by Gasteiger charge is 2.32. The van der Waals surface area contributed by atoms with Gasteiger partial charge in [0.25, 0.3) is 5.69 Å². The van der Waals surface area contributed by atoms with E-state index in [4.69, 9.17) is 4.74 Å². The van der Waals surface area contributed by atoms with Crippen LogP contribution in [-0.2, 0) is 43.6 Å². The molecule has 37 heavy (non-hydrogen) atoms. The van der Waals surface area contributed by atoms with Crippen molar-refractivity contribution >= 4 is 27.6 Å². The van der Waals surface area contributed by atoms with Gasteiger partial charge in [0.1, 0.15) is 11.6 Å². The normalized spacial score (nSPS) is 15.2. The standard InChI is InChI=1S/C26H33N3O7S/c1-17(28-37(34,35)23-12-8-7-11-22(23)29(32)33)24(30)27-21(25(31)36-26(2,3)4)16-18-13-14-19-9-5-6-10-20(19)15-18/h7-8,11-15,17,21,28H,5-6,9-10,16H2,1-4H3,(H,27,30)/t17-,21-/m0/s1. The van der Waals surface area contributed by atoms with Gasteiger partial charge in [-0.25, -0.2) is 13.2 Å². The van der Waals surface area contributed by atoms with Crippen molar-refractivity contribution in [1.29, 1.82) is 0 Å². The van der Waals surface area contributed by atoms with E-state index < -0.39 is 55.1 Å². The van der Waals surface area contributed by atoms with Gasteiger partial charge in [-0.2, -0.15) is 4.72 Å². The van der Waals surface area contributed by atoms with E-state index in [1.165, 1.54) is 30.2 Å². The molecule has 0 spiro atoms. The fourth-order valence-electron chi connectivity index (χ4n) is 4.20. The van der Waals surface area contributed by atoms with Crippen LogP contribution in [0.2, 0.25) is 0 Å². The molecule has 0 bridgehead atoms. The van der Waals surface area contributed by atoms with E-state index in [1.807, 2.05) is 18.2 Å². The van der Waals surface area contributed by atoms with Crippen LogP contribution in [-0.4, -0.2) is 42.9 Å². The fourth-order valence-corrected chi connectivity index (χ4v) is 5.57. The number of benzene rings is 2. The van der Waals surface area contributed by atoms with Crippen LogP contribution in [0.25, 0.3) is 0 Å². The van der Waals surface area contributed by atoms with E-state index in [0.29, 0.717) is 0 Å². The van der Waals surface area contributed by atoms with E-state index in [1.54, 1.807) is 20.8 Å². The Morgan fingerprint density at radius 3 is 2.38 bits per heavy atom. The molecule has 2 aromatic carbocycles. The number of amides is 1. The number of aryl methyl sites for hydroxylation is 2. The number of carbonyl (C=O) groups excluding carboxylic acids is 2. The second-order valence-electron chi connectivity index (χ2n) is 10.2. The molecule has 0 heterocycles. The summed E-state index contributed by atoms with van der Waals surface area (Å²) < 4.78 is 33.3. The number of para-hydroxylation sites is 1. The zero-order chi connectivity index (χ0) is 27.4. The summed E-state index contributed by atoms with van der Waals surface area (Å²) in [5, 5.41) is 13.9. The average molecular weight is 532 g/mol. The molecule has 1 aliphatic rings. The minimum atomic E-state index is -4.40. The highest BCUT2D eigenvalue weighted by atomic mass is 32.2. The maximum absolute atomic E-state index is 13.0. The van der Waals surface area contributed by atoms with Crippen molar-refractivity contribution in [2.75, 3.05) is 0 Å². The number of nitrogens with zero attached hydrogens (tertiary/aromatic N) is 1. The zero-order valence-corrected chi connectivity index (χ0v) is 22.3. The predicted octanol–water partition coefficient (Wildman–Crippen LogP) is 3.21. The Bertz CT molecular complexity index is 1290. The number of ether oxygens (including phenoxy) is 1. The second kappa shape index (κ2) is 11.4. The fraction of sp³-hybridized carbons (Fsp3) is 0.462. The summed E-state index contributed by atoms with van der Waals surface area (Å²) in [6, 6.07) is 8.47. The van der Waals surface area contributed by atoms with Crippen molar-refractivity contribution in [3.05, 3.63) is 69.3 Å². The molecule has 11 heteroatoms. The molecule has 1 aliphatic carbocycles. The van der Waals surface area contributed by atoms with Crippen LogP contribution in [0.3, 0.4) is 0 Å². The molecule has 0 saturated carbocycles. The lowest BCUT2D eigenvalue weighted by Gasteiger charge is -2.26. The topological polar surface area (TPSA) is 145 Å². The van der Waals surface area contributed by atoms with Gasteiger partial charge in [-0.3, -0.25) is 14.9 Å². The number of nitrogens with one attached hydrogen (secondary N) is 2. The van der Waals surface area contributed by atoms with Crippen LogP contribution in [0.1, 0.15) is 57.2 Å². The molecule has 0 fully saturated rings. The minimum Gasteiger partial charge on any atom is -0.458 e. The Balaban J connectivity index is 1.79. The van der Waals surface area contributed by atoms with Gasteiger partial charge < -0.3 is 10.1 Å². The van der Waals surface area contributed by atoms with Crippen molar-refractivity contribution in [3.63, 3.8) is 0 Å². The second-order valence-corrected chi connectivity index (χ2v) is 11.9. The van der Waals surface area contributed by atoms with Gasteiger partial charge in [0.05, 0.1) is 11.0 Å². The lowest BCUT2D eigenvalue weighted by molar-refractivity contribution is -0.387. The summed E-state index contributed by atoms with van der Waals surface area (Å²) in [6.45, 7) is 6.44. The van der Waals surface area contributed by atoms with Gasteiger partial charge in [-0.1, -0.05) is 30.3 Å². The first-order valence-electron chi connectivity index (χ1n) is 12.2. The van der Waals surface area contributed by atoms with Gasteiger partial charge in [0, 0.05) is 12.5 Å². The number of hydrogen-bond acceptors (Lipinski definition) is 7. The average Bonchev–Trinajstić information content (AvgIpc) is 2.82. The Morgan fingerprint density at radius 1 is 1.08 bits per heavy atom. The molecule has 200 valence electrons. The van der Waals surface area contributed by atoms with Crippen molar-refractivity contribution in [1.82, 2.24) is 10.0 Å². The summed E-state index contributed by atoms with van der Waals surface area (Å²) in [6.07, 6.45) is 4.37. The molecule has 2 atom stereocenters. The highest BCUT2D eigenvalue weighted by Crippen LogP contribution is 2.24. The lowest BCUT2D eigenvalue weighted by Crippen LogP contribution is -2.52. The smallest absolute Gasteiger partial charge is 0.329 e. The molecule has 0 radical (unpaired) electrons. The van der Waals surface area contributed by atoms with Crippen molar-refractivity contribution < 1.29 is 27.7 Å². The first-order chi connectivity index (χ1) is 17.3. The van der Waals surface area contributed by atoms with Crippen molar-refractivity contribution in [2.45, 2.75) is 82.4 Å². The van der Waals surface area contributed by atoms with Crippen molar-refractivity contribution in [3.8, 4) is 0 Å². The molecular formula is C26H33N3O7S. The van der Waals surface area contributed by atoms with Crippen LogP contribution in [0.15, 0.2) is 47.4 Å². The lowest BCUT2D eigenvalue weighted by atomic mass is 9.89.